The summed E-state index contributed by atoms with van der Waals surface area (Å²) in [5, 5.41) is 10.7. The summed E-state index contributed by atoms with van der Waals surface area (Å²) in [5.74, 6) is 0. The van der Waals surface area contributed by atoms with Gasteiger partial charge in [0.25, 0.3) is 0 Å². The molecule has 0 unspecified atom stereocenters. The van der Waals surface area contributed by atoms with Crippen molar-refractivity contribution >= 4 is 95.6 Å². The van der Waals surface area contributed by atoms with E-state index in [0.29, 0.717) is 0 Å². The minimum Gasteiger partial charge on any atom is -0.308 e. The molecular weight excluding hydrogens is 487 g/mol. The fourth-order valence-corrected chi connectivity index (χ4v) is 8.65. The third kappa shape index (κ3) is 2.58. The van der Waals surface area contributed by atoms with Crippen molar-refractivity contribution < 1.29 is 0 Å². The van der Waals surface area contributed by atoms with Crippen LogP contribution in [-0.4, -0.2) is 4.57 Å². The van der Waals surface area contributed by atoms with Gasteiger partial charge in [-0.1, -0.05) is 84.9 Å². The van der Waals surface area contributed by atoms with E-state index in [9.17, 15) is 0 Å². The molecule has 0 N–H and O–H groups in total. The van der Waals surface area contributed by atoms with Crippen molar-refractivity contribution in [2.24, 2.45) is 0 Å². The molecule has 9 rings (SSSR count). The first-order chi connectivity index (χ1) is 18.4. The Labute approximate surface area is 220 Å². The van der Waals surface area contributed by atoms with Gasteiger partial charge in [-0.25, -0.2) is 0 Å². The topological polar surface area (TPSA) is 4.93 Å². The van der Waals surface area contributed by atoms with E-state index in [1.165, 1.54) is 78.6 Å². The quantitative estimate of drug-likeness (QED) is 0.209. The Morgan fingerprint density at radius 1 is 0.432 bits per heavy atom. The third-order valence-electron chi connectivity index (χ3n) is 7.77. The van der Waals surface area contributed by atoms with E-state index in [-0.39, 0.29) is 0 Å². The molecular formula is C34H19NS2. The normalized spacial score (nSPS) is 12.3. The van der Waals surface area contributed by atoms with Crippen molar-refractivity contribution in [2.45, 2.75) is 0 Å². The summed E-state index contributed by atoms with van der Waals surface area (Å²) in [7, 11) is 0. The van der Waals surface area contributed by atoms with Gasteiger partial charge in [0.15, 0.2) is 0 Å². The van der Waals surface area contributed by atoms with Gasteiger partial charge in [-0.15, -0.1) is 22.7 Å². The summed E-state index contributed by atoms with van der Waals surface area (Å²) in [6.07, 6.45) is 0. The first-order valence-corrected chi connectivity index (χ1v) is 14.2. The lowest BCUT2D eigenvalue weighted by atomic mass is 9.99. The summed E-state index contributed by atoms with van der Waals surface area (Å²) >= 11 is 3.80. The molecule has 3 heteroatoms. The molecule has 0 bridgehead atoms. The number of benzene rings is 6. The molecule has 0 amide bonds. The van der Waals surface area contributed by atoms with Crippen molar-refractivity contribution in [1.82, 2.24) is 4.57 Å². The Morgan fingerprint density at radius 3 is 1.84 bits per heavy atom. The Balaban J connectivity index is 1.54. The monoisotopic (exact) mass is 505 g/mol. The second-order valence-electron chi connectivity index (χ2n) is 9.70. The van der Waals surface area contributed by atoms with Gasteiger partial charge in [0.1, 0.15) is 0 Å². The molecule has 0 fully saturated rings. The molecule has 1 nitrogen and oxygen atoms in total. The minimum absolute atomic E-state index is 1.22. The van der Waals surface area contributed by atoms with Crippen LogP contribution in [0.2, 0.25) is 0 Å². The lowest BCUT2D eigenvalue weighted by Gasteiger charge is -2.10. The van der Waals surface area contributed by atoms with Crippen molar-refractivity contribution in [2.75, 3.05) is 0 Å². The zero-order chi connectivity index (χ0) is 24.1. The van der Waals surface area contributed by atoms with Crippen LogP contribution in [0.5, 0.6) is 0 Å². The van der Waals surface area contributed by atoms with Crippen molar-refractivity contribution in [3.05, 3.63) is 115 Å². The summed E-state index contributed by atoms with van der Waals surface area (Å²) < 4.78 is 7.89. The smallest absolute Gasteiger partial charge is 0.0726 e. The molecule has 37 heavy (non-hydrogen) atoms. The Kier molecular flexibility index (Phi) is 3.88. The number of hydrogen-bond acceptors (Lipinski definition) is 2. The standard InChI is InChI=1S/C34H19NS2/c1-2-11-24-23(10-1)31-25-12-3-6-14-27(25)35(33(31)34-32(24)26-13-5-8-16-29(26)37-34)20-17-18-22-21-9-4-7-15-28(21)36-30(22)19-20/h1-19H. The van der Waals surface area contributed by atoms with Crippen LogP contribution in [0, 0.1) is 0 Å². The number of rotatable bonds is 1. The molecule has 0 aliphatic rings. The number of nitrogens with zero attached hydrogens (tertiary/aromatic N) is 1. The summed E-state index contributed by atoms with van der Waals surface area (Å²) in [6.45, 7) is 0. The highest BCUT2D eigenvalue weighted by Gasteiger charge is 2.21. The lowest BCUT2D eigenvalue weighted by molar-refractivity contribution is 1.20. The lowest BCUT2D eigenvalue weighted by Crippen LogP contribution is -1.93. The second kappa shape index (κ2) is 7.19. The SMILES string of the molecule is c1ccc2c(c1)sc1cc(-n3c4ccccc4c4c5ccccc5c5c6ccccc6sc5c43)ccc12. The van der Waals surface area contributed by atoms with Crippen molar-refractivity contribution in [3.8, 4) is 5.69 Å². The third-order valence-corrected chi connectivity index (χ3v) is 10.1. The number of thiophene rings is 2. The highest BCUT2D eigenvalue weighted by Crippen LogP contribution is 2.48. The summed E-state index contributed by atoms with van der Waals surface area (Å²) in [4.78, 5) is 0. The predicted octanol–water partition coefficient (Wildman–Crippen LogP) is 10.7. The Hall–Kier alpha value is -4.18. The van der Waals surface area contributed by atoms with Crippen LogP contribution in [0.15, 0.2) is 115 Å². The molecule has 172 valence electrons. The fourth-order valence-electron chi connectivity index (χ4n) is 6.25. The summed E-state index contributed by atoms with van der Waals surface area (Å²) in [5.41, 5.74) is 3.80. The maximum absolute atomic E-state index is 2.51. The van der Waals surface area contributed by atoms with E-state index in [1.54, 1.807) is 0 Å². The van der Waals surface area contributed by atoms with E-state index in [0.717, 1.165) is 0 Å². The molecule has 0 saturated heterocycles. The molecule has 6 aromatic carbocycles. The fraction of sp³-hybridized carbons (Fsp3) is 0. The molecule has 0 aliphatic heterocycles. The van der Waals surface area contributed by atoms with E-state index in [4.69, 9.17) is 0 Å². The Bertz CT molecular complexity index is 2360. The van der Waals surface area contributed by atoms with Crippen LogP contribution in [-0.2, 0) is 0 Å². The number of aromatic nitrogens is 1. The largest absolute Gasteiger partial charge is 0.308 e. The van der Waals surface area contributed by atoms with Gasteiger partial charge in [0.2, 0.25) is 0 Å². The summed E-state index contributed by atoms with van der Waals surface area (Å²) in [6, 6.07) is 42.5. The number of para-hydroxylation sites is 1. The van der Waals surface area contributed by atoms with Gasteiger partial charge in [0.05, 0.1) is 15.7 Å². The predicted molar refractivity (Wildman–Crippen MR) is 164 cm³/mol. The highest BCUT2D eigenvalue weighted by atomic mass is 32.1. The highest BCUT2D eigenvalue weighted by molar-refractivity contribution is 7.27. The van der Waals surface area contributed by atoms with Gasteiger partial charge in [-0.2, -0.15) is 0 Å². The van der Waals surface area contributed by atoms with E-state index in [1.807, 2.05) is 22.7 Å². The molecule has 0 saturated carbocycles. The van der Waals surface area contributed by atoms with Gasteiger partial charge in [-0.3, -0.25) is 0 Å². The second-order valence-corrected chi connectivity index (χ2v) is 11.8. The van der Waals surface area contributed by atoms with Gasteiger partial charge < -0.3 is 4.57 Å². The minimum atomic E-state index is 1.22. The molecule has 0 spiro atoms. The maximum Gasteiger partial charge on any atom is 0.0726 e. The van der Waals surface area contributed by atoms with Crippen molar-refractivity contribution in [1.29, 1.82) is 0 Å². The van der Waals surface area contributed by atoms with Gasteiger partial charge in [0, 0.05) is 52.1 Å². The van der Waals surface area contributed by atoms with Crippen LogP contribution >= 0.6 is 22.7 Å². The molecule has 3 aromatic heterocycles. The van der Waals surface area contributed by atoms with Gasteiger partial charge >= 0.3 is 0 Å². The van der Waals surface area contributed by atoms with Crippen LogP contribution in [0.25, 0.3) is 78.6 Å². The molecule has 9 aromatic rings. The van der Waals surface area contributed by atoms with Crippen LogP contribution in [0.1, 0.15) is 0 Å². The molecule has 0 atom stereocenters. The van der Waals surface area contributed by atoms with Crippen LogP contribution in [0.4, 0.5) is 0 Å². The zero-order valence-electron chi connectivity index (χ0n) is 19.7. The number of fused-ring (bicyclic) bond motifs is 13. The first-order valence-electron chi connectivity index (χ1n) is 12.5. The average molecular weight is 506 g/mol. The molecule has 0 radical (unpaired) electrons. The first kappa shape index (κ1) is 19.9. The van der Waals surface area contributed by atoms with E-state index >= 15 is 0 Å². The molecule has 0 aliphatic carbocycles. The Morgan fingerprint density at radius 2 is 1.03 bits per heavy atom. The van der Waals surface area contributed by atoms with Gasteiger partial charge in [-0.05, 0) is 41.1 Å². The molecule has 3 heterocycles. The van der Waals surface area contributed by atoms with E-state index < -0.39 is 0 Å². The maximum atomic E-state index is 2.51. The van der Waals surface area contributed by atoms with Crippen molar-refractivity contribution in [3.63, 3.8) is 0 Å². The van der Waals surface area contributed by atoms with Crippen LogP contribution in [0.3, 0.4) is 0 Å². The van der Waals surface area contributed by atoms with E-state index in [2.05, 4.69) is 120 Å². The number of hydrogen-bond donors (Lipinski definition) is 0. The van der Waals surface area contributed by atoms with Crippen LogP contribution < -0.4 is 0 Å². The zero-order valence-corrected chi connectivity index (χ0v) is 21.4. The average Bonchev–Trinajstić information content (AvgIpc) is 3.62.